The van der Waals surface area contributed by atoms with Crippen molar-refractivity contribution in [2.24, 2.45) is 0 Å². The molecular weight excluding hydrogens is 405 g/mol. The Kier molecular flexibility index (Phi) is 5.77. The summed E-state index contributed by atoms with van der Waals surface area (Å²) in [7, 11) is 0. The third-order valence-electron chi connectivity index (χ3n) is 3.57. The number of para-hydroxylation sites is 1. The molecule has 0 radical (unpaired) electrons. The summed E-state index contributed by atoms with van der Waals surface area (Å²) in [5, 5.41) is 15.2. The molecule has 0 bridgehead atoms. The predicted molar refractivity (Wildman–Crippen MR) is 109 cm³/mol. The number of carbonyl (C=O) groups excluding carboxylic acids is 1. The van der Waals surface area contributed by atoms with E-state index in [0.29, 0.717) is 32.6 Å². The average molecular weight is 416 g/mol. The molecule has 2 N–H and O–H groups in total. The summed E-state index contributed by atoms with van der Waals surface area (Å²) in [6.07, 6.45) is 0. The fraction of sp³-hybridized carbons (Fsp3) is 0. The van der Waals surface area contributed by atoms with Crippen molar-refractivity contribution in [3.05, 3.63) is 76.0 Å². The molecule has 0 aliphatic heterocycles. The third-order valence-corrected chi connectivity index (χ3v) is 4.59. The van der Waals surface area contributed by atoms with E-state index in [1.165, 1.54) is 6.07 Å². The van der Waals surface area contributed by atoms with Crippen LogP contribution in [0.15, 0.2) is 59.0 Å². The molecule has 1 heterocycles. The van der Waals surface area contributed by atoms with Crippen LogP contribution in [0.3, 0.4) is 0 Å². The normalized spacial score (nSPS) is 10.1. The number of benzene rings is 2. The number of amides is 1. The number of rotatable bonds is 3. The monoisotopic (exact) mass is 415 g/mol. The number of furan rings is 1. The minimum atomic E-state index is -0.536. The smallest absolute Gasteiger partial charge is 0.293 e. The first kappa shape index (κ1) is 18.9. The van der Waals surface area contributed by atoms with Crippen LogP contribution in [-0.4, -0.2) is 11.0 Å². The Balaban J connectivity index is 1.72. The lowest BCUT2D eigenvalue weighted by Crippen LogP contribution is -2.34. The molecule has 0 atom stereocenters. The maximum Gasteiger partial charge on any atom is 0.293 e. The summed E-state index contributed by atoms with van der Waals surface area (Å²) < 4.78 is 5.57. The van der Waals surface area contributed by atoms with E-state index in [1.807, 2.05) is 6.07 Å². The van der Waals surface area contributed by atoms with Gasteiger partial charge in [0.05, 0.1) is 21.3 Å². The summed E-state index contributed by atoms with van der Waals surface area (Å²) in [4.78, 5) is 12.3. The van der Waals surface area contributed by atoms with E-state index in [2.05, 4.69) is 10.6 Å². The van der Waals surface area contributed by atoms with E-state index in [1.54, 1.807) is 48.5 Å². The number of nitriles is 1. The van der Waals surface area contributed by atoms with Gasteiger partial charge >= 0.3 is 0 Å². The second-order valence-corrected chi connectivity index (χ2v) is 6.52. The van der Waals surface area contributed by atoms with Crippen LogP contribution in [0.5, 0.6) is 0 Å². The predicted octanol–water partition coefficient (Wildman–Crippen LogP) is 5.25. The van der Waals surface area contributed by atoms with Crippen LogP contribution in [-0.2, 0) is 0 Å². The minimum Gasteiger partial charge on any atom is -0.451 e. The zero-order valence-electron chi connectivity index (χ0n) is 13.6. The summed E-state index contributed by atoms with van der Waals surface area (Å²) in [6.45, 7) is 0. The highest BCUT2D eigenvalue weighted by Crippen LogP contribution is 2.34. The van der Waals surface area contributed by atoms with Gasteiger partial charge in [-0.1, -0.05) is 41.4 Å². The zero-order chi connectivity index (χ0) is 19.4. The number of halogens is 2. The summed E-state index contributed by atoms with van der Waals surface area (Å²) >= 11 is 17.3. The van der Waals surface area contributed by atoms with E-state index in [4.69, 9.17) is 45.1 Å². The molecule has 134 valence electrons. The summed E-state index contributed by atoms with van der Waals surface area (Å²) in [5.74, 6) is -0.0774. The van der Waals surface area contributed by atoms with E-state index < -0.39 is 5.91 Å². The van der Waals surface area contributed by atoms with Gasteiger partial charge in [0.1, 0.15) is 11.8 Å². The first-order chi connectivity index (χ1) is 13.0. The van der Waals surface area contributed by atoms with Gasteiger partial charge in [-0.15, -0.1) is 0 Å². The maximum absolute atomic E-state index is 12.3. The summed E-state index contributed by atoms with van der Waals surface area (Å²) in [5.41, 5.74) is 1.48. The molecule has 8 heteroatoms. The van der Waals surface area contributed by atoms with Crippen molar-refractivity contribution >= 4 is 52.1 Å². The van der Waals surface area contributed by atoms with Crippen LogP contribution in [0.25, 0.3) is 11.3 Å². The fourth-order valence-electron chi connectivity index (χ4n) is 2.31. The number of hydrogen-bond donors (Lipinski definition) is 2. The molecule has 0 unspecified atom stereocenters. The van der Waals surface area contributed by atoms with Crippen molar-refractivity contribution in [3.8, 4) is 17.4 Å². The zero-order valence-corrected chi connectivity index (χ0v) is 16.0. The van der Waals surface area contributed by atoms with Gasteiger partial charge in [-0.2, -0.15) is 5.26 Å². The molecule has 3 aromatic rings. The number of nitrogens with one attached hydrogen (secondary N) is 2. The Bertz CT molecular complexity index is 1070. The van der Waals surface area contributed by atoms with Crippen molar-refractivity contribution in [2.45, 2.75) is 0 Å². The molecule has 27 heavy (non-hydrogen) atoms. The van der Waals surface area contributed by atoms with Gasteiger partial charge in [0.25, 0.3) is 5.91 Å². The second kappa shape index (κ2) is 8.23. The van der Waals surface area contributed by atoms with Crippen molar-refractivity contribution < 1.29 is 9.21 Å². The van der Waals surface area contributed by atoms with Gasteiger partial charge in [-0.05, 0) is 48.6 Å². The molecule has 0 aliphatic rings. The maximum atomic E-state index is 12.3. The van der Waals surface area contributed by atoms with Crippen molar-refractivity contribution in [3.63, 3.8) is 0 Å². The topological polar surface area (TPSA) is 78.1 Å². The van der Waals surface area contributed by atoms with Gasteiger partial charge < -0.3 is 9.73 Å². The minimum absolute atomic E-state index is 0.0430. The Morgan fingerprint density at radius 3 is 2.63 bits per heavy atom. The van der Waals surface area contributed by atoms with Gasteiger partial charge in [0.15, 0.2) is 10.9 Å². The largest absolute Gasteiger partial charge is 0.451 e. The Labute approximate surface area is 170 Å². The molecule has 2 aromatic carbocycles. The van der Waals surface area contributed by atoms with E-state index in [9.17, 15) is 4.79 Å². The average Bonchev–Trinajstić information content (AvgIpc) is 3.14. The molecule has 1 amide bonds. The number of nitrogens with zero attached hydrogens (tertiary/aromatic N) is 1. The second-order valence-electron chi connectivity index (χ2n) is 5.33. The lowest BCUT2D eigenvalue weighted by atomic mass is 10.2. The van der Waals surface area contributed by atoms with E-state index in [0.717, 1.165) is 0 Å². The van der Waals surface area contributed by atoms with Crippen LogP contribution >= 0.6 is 35.4 Å². The highest BCUT2D eigenvalue weighted by atomic mass is 35.5. The van der Waals surface area contributed by atoms with E-state index >= 15 is 0 Å². The fourth-order valence-corrected chi connectivity index (χ4v) is 2.90. The number of thiocarbonyl (C=S) groups is 1. The molecule has 0 spiro atoms. The molecule has 0 saturated carbocycles. The van der Waals surface area contributed by atoms with Gasteiger partial charge in [-0.25, -0.2) is 0 Å². The molecular formula is C19H11Cl2N3O2S. The van der Waals surface area contributed by atoms with Gasteiger partial charge in [0.2, 0.25) is 0 Å². The highest BCUT2D eigenvalue weighted by Gasteiger charge is 2.16. The molecule has 0 aliphatic carbocycles. The number of hydrogen-bond acceptors (Lipinski definition) is 4. The SMILES string of the molecule is N#Cc1ccccc1NC(=S)NC(=O)c1ccc(-c2cccc(Cl)c2Cl)o1. The number of anilines is 1. The highest BCUT2D eigenvalue weighted by molar-refractivity contribution is 7.80. The molecule has 0 saturated heterocycles. The van der Waals surface area contributed by atoms with Crippen LogP contribution in [0.4, 0.5) is 5.69 Å². The Morgan fingerprint density at radius 1 is 1.07 bits per heavy atom. The summed E-state index contributed by atoms with van der Waals surface area (Å²) in [6, 6.07) is 17.1. The Morgan fingerprint density at radius 2 is 1.85 bits per heavy atom. The van der Waals surface area contributed by atoms with Crippen molar-refractivity contribution in [1.82, 2.24) is 5.32 Å². The molecule has 5 nitrogen and oxygen atoms in total. The molecule has 1 aromatic heterocycles. The van der Waals surface area contributed by atoms with E-state index in [-0.39, 0.29) is 10.9 Å². The van der Waals surface area contributed by atoms with Gasteiger partial charge in [-0.3, -0.25) is 10.1 Å². The van der Waals surface area contributed by atoms with Crippen LogP contribution in [0, 0.1) is 11.3 Å². The van der Waals surface area contributed by atoms with Gasteiger partial charge in [0, 0.05) is 5.56 Å². The number of carbonyl (C=O) groups is 1. The quantitative estimate of drug-likeness (QED) is 0.570. The lowest BCUT2D eigenvalue weighted by molar-refractivity contribution is 0.0951. The Hall–Kier alpha value is -2.85. The first-order valence-electron chi connectivity index (χ1n) is 7.65. The standard InChI is InChI=1S/C19H11Cl2N3O2S/c20-13-6-3-5-12(17(13)21)15-8-9-16(26-15)18(25)24-19(27)23-14-7-2-1-4-11(14)10-22/h1-9H,(H2,23,24,25,27). The molecule has 0 fully saturated rings. The van der Waals surface area contributed by atoms with Crippen LogP contribution in [0.1, 0.15) is 16.1 Å². The van der Waals surface area contributed by atoms with Crippen molar-refractivity contribution in [1.29, 1.82) is 5.26 Å². The first-order valence-corrected chi connectivity index (χ1v) is 8.81. The lowest BCUT2D eigenvalue weighted by Gasteiger charge is -2.09. The molecule has 3 rings (SSSR count). The van der Waals surface area contributed by atoms with Crippen LogP contribution in [0.2, 0.25) is 10.0 Å². The van der Waals surface area contributed by atoms with Crippen LogP contribution < -0.4 is 10.6 Å². The third kappa shape index (κ3) is 4.29. The van der Waals surface area contributed by atoms with Crippen molar-refractivity contribution in [2.75, 3.05) is 5.32 Å².